The molecule has 0 radical (unpaired) electrons. The molecule has 3 aliphatic carbocycles. The van der Waals surface area contributed by atoms with E-state index in [0.29, 0.717) is 0 Å². The summed E-state index contributed by atoms with van der Waals surface area (Å²) in [6.45, 7) is 0. The zero-order valence-electron chi connectivity index (χ0n) is 29.5. The molecule has 9 aromatic carbocycles. The summed E-state index contributed by atoms with van der Waals surface area (Å²) in [5, 5.41) is 10.1. The summed E-state index contributed by atoms with van der Waals surface area (Å²) >= 11 is 0. The van der Waals surface area contributed by atoms with Crippen LogP contribution in [0.25, 0.3) is 93.2 Å². The second kappa shape index (κ2) is 10.2. The van der Waals surface area contributed by atoms with Crippen molar-refractivity contribution in [2.45, 2.75) is 18.3 Å². The van der Waals surface area contributed by atoms with E-state index < -0.39 is 0 Å². The van der Waals surface area contributed by atoms with Gasteiger partial charge >= 0.3 is 0 Å². The smallest absolute Gasteiger partial charge is 0.143 e. The van der Waals surface area contributed by atoms with Crippen LogP contribution in [0.3, 0.4) is 0 Å². The van der Waals surface area contributed by atoms with Crippen LogP contribution >= 0.6 is 0 Å². The molecular formula is C53H32O. The van der Waals surface area contributed by atoms with Crippen LogP contribution in [0, 0.1) is 0 Å². The molecule has 1 heterocycles. The van der Waals surface area contributed by atoms with Gasteiger partial charge in [0.1, 0.15) is 11.2 Å². The maximum atomic E-state index is 6.83. The molecule has 1 nitrogen and oxygen atoms in total. The highest BCUT2D eigenvalue weighted by molar-refractivity contribution is 6.25. The molecule has 1 aromatic heterocycles. The van der Waals surface area contributed by atoms with Crippen molar-refractivity contribution in [1.29, 1.82) is 0 Å². The van der Waals surface area contributed by atoms with Gasteiger partial charge in [-0.25, -0.2) is 0 Å². The molecule has 250 valence electrons. The van der Waals surface area contributed by atoms with Crippen molar-refractivity contribution in [3.05, 3.63) is 198 Å². The highest BCUT2D eigenvalue weighted by atomic mass is 16.3. The van der Waals surface area contributed by atoms with E-state index in [9.17, 15) is 0 Å². The fourth-order valence-corrected chi connectivity index (χ4v) is 10.8. The van der Waals surface area contributed by atoms with Crippen LogP contribution in [0.15, 0.2) is 180 Å². The Hall–Kier alpha value is -6.70. The van der Waals surface area contributed by atoms with E-state index >= 15 is 0 Å². The van der Waals surface area contributed by atoms with Crippen molar-refractivity contribution in [3.63, 3.8) is 0 Å². The molecule has 10 aromatic rings. The normalized spacial score (nSPS) is 15.3. The molecule has 1 spiro atoms. The average molecular weight is 685 g/mol. The Morgan fingerprint density at radius 2 is 1.11 bits per heavy atom. The lowest BCUT2D eigenvalue weighted by molar-refractivity contribution is 0.670. The molecule has 54 heavy (non-hydrogen) atoms. The van der Waals surface area contributed by atoms with Crippen LogP contribution in [0.4, 0.5) is 0 Å². The van der Waals surface area contributed by atoms with Crippen LogP contribution in [0.1, 0.15) is 35.1 Å². The number of fused-ring (bicyclic) bond motifs is 12. The lowest BCUT2D eigenvalue weighted by Crippen LogP contribution is -2.27. The molecule has 0 unspecified atom stereocenters. The van der Waals surface area contributed by atoms with Gasteiger partial charge < -0.3 is 4.42 Å². The van der Waals surface area contributed by atoms with E-state index in [-0.39, 0.29) is 5.41 Å². The van der Waals surface area contributed by atoms with Crippen molar-refractivity contribution in [2.75, 3.05) is 0 Å². The van der Waals surface area contributed by atoms with Crippen LogP contribution < -0.4 is 0 Å². The van der Waals surface area contributed by atoms with E-state index in [1.54, 1.807) is 0 Å². The van der Waals surface area contributed by atoms with E-state index in [1.807, 2.05) is 0 Å². The van der Waals surface area contributed by atoms with E-state index in [0.717, 1.165) is 40.3 Å². The molecule has 0 N–H and O–H groups in total. The van der Waals surface area contributed by atoms with Gasteiger partial charge in [0.15, 0.2) is 0 Å². The average Bonchev–Trinajstić information content (AvgIpc) is 3.86. The lowest BCUT2D eigenvalue weighted by atomic mass is 9.68. The van der Waals surface area contributed by atoms with Crippen LogP contribution in [-0.2, 0) is 5.41 Å². The molecule has 0 aliphatic heterocycles. The second-order valence-corrected chi connectivity index (χ2v) is 15.4. The maximum Gasteiger partial charge on any atom is 0.143 e. The SMILES string of the molecule is C1=CC2=C(CC1)C1(c3cc(-c4cccc5c4oc4ccc(-c6ccc7ccc8cccc9ccc6c7c89)cc45)ccc32)c2ccccc2-c2ccccc21. The number of rotatable bonds is 2. The minimum absolute atomic E-state index is 0.296. The fraction of sp³-hybridized carbons (Fsp3) is 0.0566. The molecule has 3 aliphatic rings. The Balaban J connectivity index is 1.01. The Morgan fingerprint density at radius 3 is 1.94 bits per heavy atom. The van der Waals surface area contributed by atoms with Crippen molar-refractivity contribution in [1.82, 2.24) is 0 Å². The number of furan rings is 1. The highest BCUT2D eigenvalue weighted by Gasteiger charge is 2.52. The van der Waals surface area contributed by atoms with E-state index in [4.69, 9.17) is 4.42 Å². The summed E-state index contributed by atoms with van der Waals surface area (Å²) in [5.74, 6) is 0. The third-order valence-electron chi connectivity index (χ3n) is 12.9. The Kier molecular flexibility index (Phi) is 5.47. The largest absolute Gasteiger partial charge is 0.455 e. The Bertz CT molecular complexity index is 3270. The van der Waals surface area contributed by atoms with Gasteiger partial charge in [0.05, 0.1) is 5.41 Å². The summed E-state index contributed by atoms with van der Waals surface area (Å²) in [4.78, 5) is 0. The van der Waals surface area contributed by atoms with Crippen molar-refractivity contribution < 1.29 is 4.42 Å². The highest BCUT2D eigenvalue weighted by Crippen LogP contribution is 2.64. The number of para-hydroxylation sites is 1. The quantitative estimate of drug-likeness (QED) is 0.165. The fourth-order valence-electron chi connectivity index (χ4n) is 10.8. The van der Waals surface area contributed by atoms with Crippen molar-refractivity contribution >= 4 is 59.8 Å². The van der Waals surface area contributed by atoms with Crippen LogP contribution in [-0.4, -0.2) is 0 Å². The van der Waals surface area contributed by atoms with Gasteiger partial charge in [-0.1, -0.05) is 152 Å². The predicted octanol–water partition coefficient (Wildman–Crippen LogP) is 14.2. The van der Waals surface area contributed by atoms with Crippen LogP contribution in [0.2, 0.25) is 0 Å². The van der Waals surface area contributed by atoms with Gasteiger partial charge in [-0.15, -0.1) is 0 Å². The van der Waals surface area contributed by atoms with E-state index in [2.05, 4.69) is 170 Å². The van der Waals surface area contributed by atoms with Gasteiger partial charge in [-0.05, 0) is 125 Å². The standard InChI is InChI=1S/C53H32O/c1-4-16-45-38(11-1)39-12-2-5-17-46(39)53(45)47-18-6-3-13-40(47)41-26-23-35(30-48(41)53)37-14-8-15-43-44-29-34(24-28-49(44)54-52(37)43)36-25-21-33-20-19-31-9-7-10-32-22-27-42(36)51(33)50(31)32/h1-5,7-17,19-30H,6,18H2. The Morgan fingerprint density at radius 1 is 0.444 bits per heavy atom. The zero-order chi connectivity index (χ0) is 35.1. The minimum atomic E-state index is -0.296. The summed E-state index contributed by atoms with van der Waals surface area (Å²) in [6, 6.07) is 59.0. The van der Waals surface area contributed by atoms with Crippen molar-refractivity contribution in [2.24, 2.45) is 0 Å². The number of hydrogen-bond donors (Lipinski definition) is 0. The summed E-state index contributed by atoms with van der Waals surface area (Å²) in [7, 11) is 0. The summed E-state index contributed by atoms with van der Waals surface area (Å²) in [6.07, 6.45) is 6.87. The topological polar surface area (TPSA) is 13.1 Å². The van der Waals surface area contributed by atoms with Gasteiger partial charge in [-0.2, -0.15) is 0 Å². The van der Waals surface area contributed by atoms with Gasteiger partial charge in [0.25, 0.3) is 0 Å². The first-order valence-corrected chi connectivity index (χ1v) is 19.1. The molecule has 0 atom stereocenters. The molecule has 0 fully saturated rings. The summed E-state index contributed by atoms with van der Waals surface area (Å²) in [5.41, 5.74) is 17.5. The van der Waals surface area contributed by atoms with Gasteiger partial charge in [0, 0.05) is 16.3 Å². The van der Waals surface area contributed by atoms with Crippen molar-refractivity contribution in [3.8, 4) is 33.4 Å². The molecule has 1 heteroatoms. The first kappa shape index (κ1) is 28.8. The third-order valence-corrected chi connectivity index (χ3v) is 12.9. The monoisotopic (exact) mass is 684 g/mol. The molecule has 0 bridgehead atoms. The minimum Gasteiger partial charge on any atom is -0.455 e. The third kappa shape index (κ3) is 3.50. The number of allylic oxidation sites excluding steroid dienone is 4. The number of hydrogen-bond acceptors (Lipinski definition) is 1. The van der Waals surface area contributed by atoms with E-state index in [1.165, 1.54) is 93.5 Å². The molecule has 0 amide bonds. The zero-order valence-corrected chi connectivity index (χ0v) is 29.5. The Labute approximate surface area is 312 Å². The molecule has 0 saturated carbocycles. The van der Waals surface area contributed by atoms with Gasteiger partial charge in [-0.3, -0.25) is 0 Å². The number of benzene rings is 9. The maximum absolute atomic E-state index is 6.83. The molecule has 0 saturated heterocycles. The first-order valence-electron chi connectivity index (χ1n) is 19.1. The second-order valence-electron chi connectivity index (χ2n) is 15.4. The molecule has 13 rings (SSSR count). The first-order chi connectivity index (χ1) is 26.8. The molecular weight excluding hydrogens is 653 g/mol. The van der Waals surface area contributed by atoms with Gasteiger partial charge in [0.2, 0.25) is 0 Å². The predicted molar refractivity (Wildman–Crippen MR) is 225 cm³/mol. The summed E-state index contributed by atoms with van der Waals surface area (Å²) < 4.78 is 6.83. The lowest BCUT2D eigenvalue weighted by Gasteiger charge is -2.33. The van der Waals surface area contributed by atoms with Crippen LogP contribution in [0.5, 0.6) is 0 Å².